The Balaban J connectivity index is 1.47. The summed E-state index contributed by atoms with van der Waals surface area (Å²) >= 11 is 0. The van der Waals surface area contributed by atoms with E-state index in [4.69, 9.17) is 23.7 Å². The van der Waals surface area contributed by atoms with Gasteiger partial charge in [0.1, 0.15) is 36.6 Å². The lowest BCUT2D eigenvalue weighted by atomic mass is 9.85. The van der Waals surface area contributed by atoms with Crippen LogP contribution in [0.5, 0.6) is 0 Å². The van der Waals surface area contributed by atoms with Gasteiger partial charge in [-0.15, -0.1) is 0 Å². The predicted molar refractivity (Wildman–Crippen MR) is 136 cm³/mol. The Morgan fingerprint density at radius 1 is 0.732 bits per heavy atom. The Bertz CT molecular complexity index is 867. The van der Waals surface area contributed by atoms with Crippen molar-refractivity contribution in [2.45, 2.75) is 151 Å². The van der Waals surface area contributed by atoms with Crippen molar-refractivity contribution in [1.29, 1.82) is 0 Å². The van der Waals surface area contributed by atoms with Gasteiger partial charge in [-0.05, 0) is 32.1 Å². The van der Waals surface area contributed by atoms with Gasteiger partial charge < -0.3 is 59.4 Å². The van der Waals surface area contributed by atoms with E-state index in [0.717, 1.165) is 38.5 Å². The van der Waals surface area contributed by atoms with Gasteiger partial charge in [0.25, 0.3) is 0 Å². The van der Waals surface area contributed by atoms with E-state index in [1.807, 2.05) is 0 Å². The Labute approximate surface area is 238 Å². The van der Waals surface area contributed by atoms with Gasteiger partial charge in [0, 0.05) is 0 Å². The van der Waals surface area contributed by atoms with Crippen molar-refractivity contribution in [3.8, 4) is 0 Å². The van der Waals surface area contributed by atoms with Crippen LogP contribution in [0, 0.1) is 5.92 Å². The summed E-state index contributed by atoms with van der Waals surface area (Å²) in [5, 5.41) is 71.9. The summed E-state index contributed by atoms with van der Waals surface area (Å²) < 4.78 is 28.7. The SMILES string of the molecule is C[C@H]1O[C@H](O[C@H]2CCCC[C@@H]2O[C@@H]2O[C@H](C(=O)O)[C@@H](O)[C@@H](O[C@@H](CC3CCCCC3)C(=O)O)[C@H]2O)[C@H](O)[C@H](O)[C@@H]1O. The van der Waals surface area contributed by atoms with Gasteiger partial charge >= 0.3 is 11.9 Å². The second kappa shape index (κ2) is 14.3. The third-order valence-corrected chi connectivity index (χ3v) is 8.72. The first-order valence-corrected chi connectivity index (χ1v) is 14.6. The monoisotopic (exact) mass is 592 g/mol. The van der Waals surface area contributed by atoms with E-state index in [1.165, 1.54) is 6.92 Å². The number of hydrogen-bond donors (Lipinski definition) is 7. The van der Waals surface area contributed by atoms with Crippen molar-refractivity contribution in [2.24, 2.45) is 5.92 Å². The lowest BCUT2D eigenvalue weighted by Gasteiger charge is -2.45. The zero-order valence-corrected chi connectivity index (χ0v) is 23.1. The maximum absolute atomic E-state index is 12.0. The molecular formula is C27H44O14. The maximum atomic E-state index is 12.0. The zero-order chi connectivity index (χ0) is 29.8. The summed E-state index contributed by atoms with van der Waals surface area (Å²) in [6.45, 7) is 1.52. The van der Waals surface area contributed by atoms with Crippen LogP contribution in [0.3, 0.4) is 0 Å². The number of aliphatic hydroxyl groups is 5. The Morgan fingerprint density at radius 2 is 1.29 bits per heavy atom. The van der Waals surface area contributed by atoms with E-state index in [1.54, 1.807) is 0 Å². The molecule has 0 bridgehead atoms. The highest BCUT2D eigenvalue weighted by molar-refractivity contribution is 5.74. The van der Waals surface area contributed by atoms with Gasteiger partial charge in [-0.2, -0.15) is 0 Å². The summed E-state index contributed by atoms with van der Waals surface area (Å²) in [6.07, 6.45) is -10.9. The largest absolute Gasteiger partial charge is 0.479 e. The molecule has 0 unspecified atom stereocenters. The number of carbonyl (C=O) groups is 2. The molecule has 2 heterocycles. The lowest BCUT2D eigenvalue weighted by Crippen LogP contribution is -2.63. The van der Waals surface area contributed by atoms with Crippen LogP contribution in [0.1, 0.15) is 71.1 Å². The van der Waals surface area contributed by atoms with Crippen LogP contribution in [0.4, 0.5) is 0 Å². The smallest absolute Gasteiger partial charge is 0.335 e. The molecule has 0 aromatic rings. The van der Waals surface area contributed by atoms with Crippen molar-refractivity contribution in [2.75, 3.05) is 0 Å². The fourth-order valence-electron chi connectivity index (χ4n) is 6.29. The van der Waals surface area contributed by atoms with Crippen LogP contribution < -0.4 is 0 Å². The highest BCUT2D eigenvalue weighted by Gasteiger charge is 2.52. The average molecular weight is 593 g/mol. The van der Waals surface area contributed by atoms with Gasteiger partial charge in [0.2, 0.25) is 0 Å². The first kappa shape index (κ1) is 32.5. The number of rotatable bonds is 10. The van der Waals surface area contributed by atoms with Gasteiger partial charge in [-0.3, -0.25) is 0 Å². The summed E-state index contributed by atoms with van der Waals surface area (Å²) in [5.41, 5.74) is 0. The van der Waals surface area contributed by atoms with Gasteiger partial charge in [0.05, 0.1) is 18.3 Å². The van der Waals surface area contributed by atoms with Crippen LogP contribution >= 0.6 is 0 Å². The van der Waals surface area contributed by atoms with E-state index < -0.39 is 91.7 Å². The minimum absolute atomic E-state index is 0.0983. The molecule has 2 aliphatic heterocycles. The van der Waals surface area contributed by atoms with Gasteiger partial charge in [-0.25, -0.2) is 9.59 Å². The number of carboxylic acids is 2. The molecule has 13 atom stereocenters. The highest BCUT2D eigenvalue weighted by Crippen LogP contribution is 2.34. The number of aliphatic carboxylic acids is 2. The quantitative estimate of drug-likeness (QED) is 0.170. The summed E-state index contributed by atoms with van der Waals surface area (Å²) in [6, 6.07) is 0. The average Bonchev–Trinajstić information content (AvgIpc) is 2.94. The van der Waals surface area contributed by atoms with Crippen molar-refractivity contribution >= 4 is 11.9 Å². The predicted octanol–water partition coefficient (Wildman–Crippen LogP) is -0.502. The van der Waals surface area contributed by atoms with Crippen molar-refractivity contribution < 1.29 is 69.0 Å². The van der Waals surface area contributed by atoms with Crippen LogP contribution in [0.2, 0.25) is 0 Å². The molecular weight excluding hydrogens is 548 g/mol. The molecule has 236 valence electrons. The molecule has 41 heavy (non-hydrogen) atoms. The van der Waals surface area contributed by atoms with E-state index in [9.17, 15) is 45.3 Å². The second-order valence-corrected chi connectivity index (χ2v) is 11.7. The molecule has 0 aromatic heterocycles. The molecule has 0 amide bonds. The molecule has 0 radical (unpaired) electrons. The molecule has 0 aromatic carbocycles. The normalized spacial score (nSPS) is 43.4. The topological polar surface area (TPSA) is 222 Å². The van der Waals surface area contributed by atoms with E-state index >= 15 is 0 Å². The Morgan fingerprint density at radius 3 is 1.85 bits per heavy atom. The molecule has 0 spiro atoms. The molecule has 4 fully saturated rings. The van der Waals surface area contributed by atoms with Crippen molar-refractivity contribution in [1.82, 2.24) is 0 Å². The van der Waals surface area contributed by atoms with Crippen molar-refractivity contribution in [3.05, 3.63) is 0 Å². The van der Waals surface area contributed by atoms with E-state index in [-0.39, 0.29) is 12.3 Å². The Hall–Kier alpha value is -1.46. The minimum atomic E-state index is -1.87. The number of hydrogen-bond acceptors (Lipinski definition) is 12. The fourth-order valence-corrected chi connectivity index (χ4v) is 6.29. The van der Waals surface area contributed by atoms with Crippen LogP contribution in [-0.2, 0) is 33.3 Å². The van der Waals surface area contributed by atoms with Gasteiger partial charge in [0.15, 0.2) is 24.8 Å². The van der Waals surface area contributed by atoms with Crippen LogP contribution in [0.15, 0.2) is 0 Å². The molecule has 2 saturated heterocycles. The summed E-state index contributed by atoms with van der Waals surface area (Å²) in [5.74, 6) is -2.72. The summed E-state index contributed by atoms with van der Waals surface area (Å²) in [4.78, 5) is 24.0. The van der Waals surface area contributed by atoms with E-state index in [2.05, 4.69) is 0 Å². The van der Waals surface area contributed by atoms with Gasteiger partial charge in [-0.1, -0.05) is 44.9 Å². The first-order chi connectivity index (χ1) is 19.5. The van der Waals surface area contributed by atoms with Crippen LogP contribution in [-0.4, -0.2) is 127 Å². The standard InChI is InChI=1S/C27H44O14/c1-12-17(28)18(29)19(30)26(37-12)39-14-9-5-6-10-15(14)40-27-21(32)22(20(31)23(41-27)25(35)36)38-16(24(33)34)11-13-7-3-2-4-8-13/h12-23,26-32H,2-11H2,1H3,(H,33,34)(H,35,36)/t12-,14+,15+,16+,17-,18-,19-,20+,21-,22-,23+,26-,27-/m1/s1. The van der Waals surface area contributed by atoms with E-state index in [0.29, 0.717) is 19.3 Å². The molecule has 2 saturated carbocycles. The van der Waals surface area contributed by atoms with Crippen molar-refractivity contribution in [3.63, 3.8) is 0 Å². The first-order valence-electron chi connectivity index (χ1n) is 14.6. The molecule has 2 aliphatic carbocycles. The Kier molecular flexibility index (Phi) is 11.4. The second-order valence-electron chi connectivity index (χ2n) is 11.7. The third-order valence-electron chi connectivity index (χ3n) is 8.72. The third kappa shape index (κ3) is 7.74. The minimum Gasteiger partial charge on any atom is -0.479 e. The molecule has 4 rings (SSSR count). The maximum Gasteiger partial charge on any atom is 0.335 e. The zero-order valence-electron chi connectivity index (χ0n) is 23.1. The number of ether oxygens (including phenoxy) is 5. The van der Waals surface area contributed by atoms with Crippen LogP contribution in [0.25, 0.3) is 0 Å². The highest BCUT2D eigenvalue weighted by atomic mass is 16.7. The molecule has 7 N–H and O–H groups in total. The molecule has 14 heteroatoms. The molecule has 4 aliphatic rings. The fraction of sp³-hybridized carbons (Fsp3) is 0.926. The lowest BCUT2D eigenvalue weighted by molar-refractivity contribution is -0.341. The molecule has 14 nitrogen and oxygen atoms in total. The number of carboxylic acid groups (broad SMARTS) is 2. The number of aliphatic hydroxyl groups excluding tert-OH is 5. The summed E-state index contributed by atoms with van der Waals surface area (Å²) in [7, 11) is 0.